The standard InChI is InChI=1S/C14H22N2OS/c1-13(2)6-4-7-14(10-13,12(15)17)16-9-11-5-3-8-18-11/h3,5,8,16H,4,6-7,9-10H2,1-2H3,(H2,15,17). The molecule has 0 bridgehead atoms. The lowest BCUT2D eigenvalue weighted by Gasteiger charge is -2.43. The summed E-state index contributed by atoms with van der Waals surface area (Å²) in [6.45, 7) is 5.17. The average molecular weight is 266 g/mol. The lowest BCUT2D eigenvalue weighted by atomic mass is 9.67. The first-order valence-electron chi connectivity index (χ1n) is 6.51. The Bertz CT molecular complexity index is 413. The second-order valence-electron chi connectivity index (χ2n) is 6.07. The Labute approximate surface area is 113 Å². The van der Waals surface area contributed by atoms with Gasteiger partial charge in [-0.3, -0.25) is 10.1 Å². The van der Waals surface area contributed by atoms with Gasteiger partial charge in [-0.1, -0.05) is 26.3 Å². The van der Waals surface area contributed by atoms with Gasteiger partial charge in [0.2, 0.25) is 5.91 Å². The van der Waals surface area contributed by atoms with Crippen molar-refractivity contribution in [2.24, 2.45) is 11.1 Å². The average Bonchev–Trinajstić information content (AvgIpc) is 2.77. The molecule has 1 aliphatic rings. The highest BCUT2D eigenvalue weighted by Gasteiger charge is 2.43. The van der Waals surface area contributed by atoms with Gasteiger partial charge in [0.1, 0.15) is 0 Å². The van der Waals surface area contributed by atoms with Crippen molar-refractivity contribution in [2.45, 2.75) is 51.6 Å². The van der Waals surface area contributed by atoms with Crippen LogP contribution >= 0.6 is 11.3 Å². The molecule has 0 saturated heterocycles. The Hall–Kier alpha value is -0.870. The number of hydrogen-bond acceptors (Lipinski definition) is 3. The van der Waals surface area contributed by atoms with E-state index in [1.54, 1.807) is 11.3 Å². The topological polar surface area (TPSA) is 55.1 Å². The summed E-state index contributed by atoms with van der Waals surface area (Å²) >= 11 is 1.71. The molecular formula is C14H22N2OS. The van der Waals surface area contributed by atoms with E-state index in [9.17, 15) is 4.79 Å². The Kier molecular flexibility index (Phi) is 3.78. The highest BCUT2D eigenvalue weighted by Crippen LogP contribution is 2.41. The molecule has 0 radical (unpaired) electrons. The normalized spacial score (nSPS) is 27.0. The predicted octanol–water partition coefficient (Wildman–Crippen LogP) is 2.66. The first-order chi connectivity index (χ1) is 8.44. The van der Waals surface area contributed by atoms with Crippen molar-refractivity contribution < 1.29 is 4.79 Å². The lowest BCUT2D eigenvalue weighted by molar-refractivity contribution is -0.127. The summed E-state index contributed by atoms with van der Waals surface area (Å²) in [5.74, 6) is -0.202. The minimum absolute atomic E-state index is 0.190. The van der Waals surface area contributed by atoms with Crippen LogP contribution in [0.15, 0.2) is 17.5 Å². The summed E-state index contributed by atoms with van der Waals surface area (Å²) < 4.78 is 0. The van der Waals surface area contributed by atoms with E-state index in [0.29, 0.717) is 0 Å². The number of nitrogens with two attached hydrogens (primary N) is 1. The van der Waals surface area contributed by atoms with Crippen molar-refractivity contribution in [3.8, 4) is 0 Å². The molecule has 0 spiro atoms. The highest BCUT2D eigenvalue weighted by molar-refractivity contribution is 7.09. The lowest BCUT2D eigenvalue weighted by Crippen LogP contribution is -2.58. The number of nitrogens with one attached hydrogen (secondary N) is 1. The van der Waals surface area contributed by atoms with Gasteiger partial charge >= 0.3 is 0 Å². The quantitative estimate of drug-likeness (QED) is 0.880. The highest BCUT2D eigenvalue weighted by atomic mass is 32.1. The largest absolute Gasteiger partial charge is 0.368 e. The molecule has 2 rings (SSSR count). The summed E-state index contributed by atoms with van der Waals surface area (Å²) in [5, 5.41) is 5.48. The van der Waals surface area contributed by atoms with Gasteiger partial charge in [-0.2, -0.15) is 0 Å². The van der Waals surface area contributed by atoms with Crippen LogP contribution in [-0.2, 0) is 11.3 Å². The van der Waals surface area contributed by atoms with Crippen LogP contribution < -0.4 is 11.1 Å². The number of thiophene rings is 1. The van der Waals surface area contributed by atoms with Gasteiger partial charge in [-0.05, 0) is 36.1 Å². The van der Waals surface area contributed by atoms with Crippen LogP contribution in [0, 0.1) is 5.41 Å². The molecule has 1 fully saturated rings. The number of carbonyl (C=O) groups is 1. The van der Waals surface area contributed by atoms with Gasteiger partial charge in [-0.25, -0.2) is 0 Å². The maximum Gasteiger partial charge on any atom is 0.237 e. The van der Waals surface area contributed by atoms with Crippen molar-refractivity contribution in [3.63, 3.8) is 0 Å². The molecule has 4 heteroatoms. The van der Waals surface area contributed by atoms with E-state index in [0.717, 1.165) is 25.8 Å². The van der Waals surface area contributed by atoms with Gasteiger partial charge in [0.25, 0.3) is 0 Å². The van der Waals surface area contributed by atoms with Gasteiger partial charge < -0.3 is 5.73 Å². The van der Waals surface area contributed by atoms with Crippen molar-refractivity contribution in [1.82, 2.24) is 5.32 Å². The molecule has 18 heavy (non-hydrogen) atoms. The van der Waals surface area contributed by atoms with Crippen molar-refractivity contribution in [2.75, 3.05) is 0 Å². The van der Waals surface area contributed by atoms with Crippen molar-refractivity contribution >= 4 is 17.2 Å². The number of primary amides is 1. The predicted molar refractivity (Wildman–Crippen MR) is 75.3 cm³/mol. The van der Waals surface area contributed by atoms with Crippen LogP contribution in [0.25, 0.3) is 0 Å². The van der Waals surface area contributed by atoms with E-state index in [-0.39, 0.29) is 11.3 Å². The SMILES string of the molecule is CC1(C)CCCC(NCc2cccs2)(C(N)=O)C1. The molecule has 1 heterocycles. The van der Waals surface area contributed by atoms with Gasteiger partial charge in [-0.15, -0.1) is 11.3 Å². The van der Waals surface area contributed by atoms with Crippen molar-refractivity contribution in [3.05, 3.63) is 22.4 Å². The van der Waals surface area contributed by atoms with Gasteiger partial charge in [0, 0.05) is 11.4 Å². The summed E-state index contributed by atoms with van der Waals surface area (Å²) in [7, 11) is 0. The Morgan fingerprint density at radius 3 is 2.83 bits per heavy atom. The Morgan fingerprint density at radius 1 is 1.50 bits per heavy atom. The zero-order valence-corrected chi connectivity index (χ0v) is 12.0. The van der Waals surface area contributed by atoms with E-state index >= 15 is 0 Å². The van der Waals surface area contributed by atoms with E-state index in [1.807, 2.05) is 6.07 Å². The number of hydrogen-bond donors (Lipinski definition) is 2. The smallest absolute Gasteiger partial charge is 0.237 e. The van der Waals surface area contributed by atoms with E-state index in [2.05, 4.69) is 30.6 Å². The summed E-state index contributed by atoms with van der Waals surface area (Å²) in [4.78, 5) is 13.1. The second-order valence-corrected chi connectivity index (χ2v) is 7.11. The fourth-order valence-corrected chi connectivity index (χ4v) is 3.62. The van der Waals surface area contributed by atoms with Crippen LogP contribution in [0.2, 0.25) is 0 Å². The van der Waals surface area contributed by atoms with Crippen LogP contribution in [-0.4, -0.2) is 11.4 Å². The monoisotopic (exact) mass is 266 g/mol. The third kappa shape index (κ3) is 2.93. The number of rotatable bonds is 4. The Morgan fingerprint density at radius 2 is 2.28 bits per heavy atom. The van der Waals surface area contributed by atoms with E-state index < -0.39 is 5.54 Å². The zero-order valence-electron chi connectivity index (χ0n) is 11.2. The molecule has 3 N–H and O–H groups in total. The first kappa shape index (κ1) is 13.6. The molecule has 1 aromatic heterocycles. The summed E-state index contributed by atoms with van der Waals surface area (Å²) in [5.41, 5.74) is 5.33. The van der Waals surface area contributed by atoms with E-state index in [1.165, 1.54) is 11.3 Å². The zero-order chi connectivity index (χ0) is 13.2. The molecular weight excluding hydrogens is 244 g/mol. The minimum atomic E-state index is -0.522. The summed E-state index contributed by atoms with van der Waals surface area (Å²) in [6, 6.07) is 4.11. The van der Waals surface area contributed by atoms with Gasteiger partial charge in [0.05, 0.1) is 5.54 Å². The van der Waals surface area contributed by atoms with Crippen LogP contribution in [0.4, 0.5) is 0 Å². The van der Waals surface area contributed by atoms with Crippen molar-refractivity contribution in [1.29, 1.82) is 0 Å². The molecule has 0 aliphatic heterocycles. The number of amides is 1. The van der Waals surface area contributed by atoms with Crippen LogP contribution in [0.3, 0.4) is 0 Å². The fraction of sp³-hybridized carbons (Fsp3) is 0.643. The van der Waals surface area contributed by atoms with Crippen LogP contribution in [0.1, 0.15) is 44.4 Å². The first-order valence-corrected chi connectivity index (χ1v) is 7.39. The molecule has 1 aliphatic carbocycles. The van der Waals surface area contributed by atoms with Gasteiger partial charge in [0.15, 0.2) is 0 Å². The summed E-state index contributed by atoms with van der Waals surface area (Å²) in [6.07, 6.45) is 3.92. The maximum atomic E-state index is 11.9. The molecule has 100 valence electrons. The fourth-order valence-electron chi connectivity index (χ4n) is 2.98. The molecule has 0 aromatic carbocycles. The molecule has 3 nitrogen and oxygen atoms in total. The molecule has 1 aromatic rings. The molecule has 1 atom stereocenters. The Balaban J connectivity index is 2.09. The second kappa shape index (κ2) is 5.02. The van der Waals surface area contributed by atoms with Crippen LogP contribution in [0.5, 0.6) is 0 Å². The maximum absolute atomic E-state index is 11.9. The number of carbonyl (C=O) groups excluding carboxylic acids is 1. The third-order valence-corrected chi connectivity index (χ3v) is 4.77. The third-order valence-electron chi connectivity index (χ3n) is 3.89. The molecule has 1 amide bonds. The van der Waals surface area contributed by atoms with E-state index in [4.69, 9.17) is 5.73 Å². The molecule has 1 saturated carbocycles. The molecule has 1 unspecified atom stereocenters. The minimum Gasteiger partial charge on any atom is -0.368 e.